The Morgan fingerprint density at radius 3 is 1.17 bits per heavy atom. The number of benzene rings is 10. The van der Waals surface area contributed by atoms with Gasteiger partial charge in [-0.2, -0.15) is 0 Å². The number of aromatic hydroxyl groups is 5. The molecule has 0 fully saturated rings. The summed E-state index contributed by atoms with van der Waals surface area (Å²) >= 11 is 0. The molecule has 4 unspecified atom stereocenters. The first-order valence-corrected chi connectivity index (χ1v) is 34.8. The first-order valence-electron chi connectivity index (χ1n) is 32.9. The summed E-state index contributed by atoms with van der Waals surface area (Å²) in [5, 5.41) is 47.4. The van der Waals surface area contributed by atoms with Crippen molar-refractivity contribution in [3.63, 3.8) is 0 Å². The Hall–Kier alpha value is -9.92. The van der Waals surface area contributed by atoms with Gasteiger partial charge in [0.05, 0.1) is 4.90 Å². The van der Waals surface area contributed by atoms with E-state index in [0.717, 1.165) is 144 Å². The van der Waals surface area contributed by atoms with E-state index in [9.17, 15) is 38.3 Å². The highest BCUT2D eigenvalue weighted by Gasteiger charge is 2.28. The summed E-state index contributed by atoms with van der Waals surface area (Å²) in [5.74, 6) is 5.45. The van der Waals surface area contributed by atoms with Gasteiger partial charge in [0, 0.05) is 6.26 Å². The standard InChI is InChI=1S/2C17H18O2.C16H15FO2.C16H16O4S.C16H16O2/c1-11-4-3-5-12(2)17(11)16-8-6-13-10-14(18)7-9-15(13)19-16;1-2-12-5-3-4-6-15(12)17-9-7-13-11-14(18)8-10-16(13)19-17;1-10-2-4-12(17)9-14(10)16-6-3-11-8-13(18)5-7-15(11)19-16;1-21(18,19)14-6-2-11(3-7-14)15-8-4-12-10-13(17)5-9-16(12)20-15;1-11-4-2-3-5-14(11)16-8-6-12-10-13(17)7-9-15(12)18-16/h3-5,7,9-10,16,18H,6,8H2,1-2H3;3-6,8,10-11,17-18H,2,7,9H2,1H3;2,4-5,7-9,16,18H,3,6H2,1H3;2-3,5-7,9-10,15,17H,4,8H2,1H3;2-5,7,9-10,16-17H,6,8H2,1H3/t;;;;16-/m....0/s1. The minimum absolute atomic E-state index is 0.0874. The quantitative estimate of drug-likeness (QED) is 0.102. The van der Waals surface area contributed by atoms with E-state index in [4.69, 9.17) is 23.7 Å². The molecule has 5 N–H and O–H groups in total. The van der Waals surface area contributed by atoms with Gasteiger partial charge in [0.25, 0.3) is 0 Å². The van der Waals surface area contributed by atoms with Gasteiger partial charge >= 0.3 is 0 Å². The van der Waals surface area contributed by atoms with Crippen LogP contribution in [0.1, 0.15) is 153 Å². The maximum atomic E-state index is 13.4. The minimum atomic E-state index is -3.17. The Morgan fingerprint density at radius 1 is 0.375 bits per heavy atom. The second-order valence-electron chi connectivity index (χ2n) is 25.2. The molecule has 5 aliphatic rings. The molecule has 0 radical (unpaired) electrons. The number of sulfone groups is 1. The van der Waals surface area contributed by atoms with Gasteiger partial charge in [0.15, 0.2) is 9.84 Å². The van der Waals surface area contributed by atoms with E-state index >= 15 is 0 Å². The Kier molecular flexibility index (Phi) is 21.2. The number of aryl methyl sites for hydroxylation is 10. The number of fused-ring (bicyclic) bond motifs is 5. The molecule has 0 saturated carbocycles. The number of halogens is 1. The van der Waals surface area contributed by atoms with Crippen LogP contribution in [-0.4, -0.2) is 40.2 Å². The number of ether oxygens (including phenoxy) is 5. The normalized spacial score (nSPS) is 17.8. The second-order valence-corrected chi connectivity index (χ2v) is 27.3. The van der Waals surface area contributed by atoms with Crippen molar-refractivity contribution in [2.45, 2.75) is 141 Å². The molecule has 96 heavy (non-hydrogen) atoms. The van der Waals surface area contributed by atoms with Gasteiger partial charge in [-0.05, 0) is 297 Å². The fourth-order valence-electron chi connectivity index (χ4n) is 13.3. The molecular formula is C82H83FO12S. The SMILES string of the molecule is CCc1ccccc1C1CCc2cc(O)ccc2O1.CS(=O)(=O)c1ccc(C2CCc3cc(O)ccc3O2)cc1.Cc1ccc(F)cc1C1CCc2cc(O)ccc2O1.Cc1cccc(C)c1C1CCc2cc(O)ccc2O1.Cc1ccccc1[C@@H]1CCc2cc(O)ccc2O1. The fraction of sp³-hybridized carbons (Fsp3) is 0.268. The van der Waals surface area contributed by atoms with E-state index in [-0.39, 0.29) is 47.8 Å². The van der Waals surface area contributed by atoms with E-state index < -0.39 is 9.84 Å². The molecule has 10 aromatic carbocycles. The van der Waals surface area contributed by atoms with Crippen LogP contribution in [0.25, 0.3) is 0 Å². The average molecular weight is 1310 g/mol. The van der Waals surface area contributed by atoms with Crippen molar-refractivity contribution >= 4 is 9.84 Å². The molecule has 0 spiro atoms. The average Bonchev–Trinajstić information content (AvgIpc) is 0.845. The lowest BCUT2D eigenvalue weighted by Gasteiger charge is -2.28. The highest BCUT2D eigenvalue weighted by Crippen LogP contribution is 2.43. The minimum Gasteiger partial charge on any atom is -0.508 e. The zero-order valence-corrected chi connectivity index (χ0v) is 55.9. The Morgan fingerprint density at radius 2 is 0.729 bits per heavy atom. The molecule has 0 aromatic heterocycles. The van der Waals surface area contributed by atoms with Gasteiger partial charge in [-0.15, -0.1) is 0 Å². The zero-order valence-electron chi connectivity index (χ0n) is 55.1. The molecule has 0 saturated heterocycles. The molecule has 15 rings (SSSR count). The summed E-state index contributed by atoms with van der Waals surface area (Å²) in [5.41, 5.74) is 17.3. The Labute approximate surface area is 562 Å². The number of phenols is 5. The highest BCUT2D eigenvalue weighted by atomic mass is 32.2. The van der Waals surface area contributed by atoms with Crippen LogP contribution in [0.4, 0.5) is 4.39 Å². The van der Waals surface area contributed by atoms with E-state index in [1.54, 1.807) is 109 Å². The summed E-state index contributed by atoms with van der Waals surface area (Å²) in [7, 11) is -3.17. The third kappa shape index (κ3) is 16.6. The summed E-state index contributed by atoms with van der Waals surface area (Å²) in [6.45, 7) is 10.5. The smallest absolute Gasteiger partial charge is 0.175 e. The number of hydrogen-bond donors (Lipinski definition) is 5. The summed E-state index contributed by atoms with van der Waals surface area (Å²) < 4.78 is 66.4. The van der Waals surface area contributed by atoms with Crippen LogP contribution in [0.3, 0.4) is 0 Å². The third-order valence-corrected chi connectivity index (χ3v) is 19.5. The van der Waals surface area contributed by atoms with Crippen molar-refractivity contribution in [1.82, 2.24) is 0 Å². The van der Waals surface area contributed by atoms with Crippen LogP contribution in [0.2, 0.25) is 0 Å². The predicted molar refractivity (Wildman–Crippen MR) is 373 cm³/mol. The van der Waals surface area contributed by atoms with Crippen molar-refractivity contribution in [2.24, 2.45) is 0 Å². The van der Waals surface area contributed by atoms with E-state index in [2.05, 4.69) is 88.4 Å². The maximum absolute atomic E-state index is 13.4. The highest BCUT2D eigenvalue weighted by molar-refractivity contribution is 7.90. The van der Waals surface area contributed by atoms with Gasteiger partial charge in [-0.1, -0.05) is 91.9 Å². The van der Waals surface area contributed by atoms with Crippen LogP contribution in [0.5, 0.6) is 57.5 Å². The molecule has 10 aromatic rings. The van der Waals surface area contributed by atoms with Crippen LogP contribution >= 0.6 is 0 Å². The van der Waals surface area contributed by atoms with Gasteiger partial charge in [0.1, 0.15) is 93.8 Å². The number of hydrogen-bond acceptors (Lipinski definition) is 12. The molecule has 5 heterocycles. The lowest BCUT2D eigenvalue weighted by Crippen LogP contribution is -2.17. The molecule has 5 aliphatic heterocycles. The van der Waals surface area contributed by atoms with Crippen molar-refractivity contribution < 1.29 is 62.0 Å². The predicted octanol–water partition coefficient (Wildman–Crippen LogP) is 18.6. The van der Waals surface area contributed by atoms with Crippen LogP contribution in [0, 0.1) is 33.5 Å². The molecule has 0 bridgehead atoms. The van der Waals surface area contributed by atoms with Crippen LogP contribution < -0.4 is 23.7 Å². The lowest BCUT2D eigenvalue weighted by molar-refractivity contribution is 0.175. The van der Waals surface area contributed by atoms with Crippen LogP contribution in [0.15, 0.2) is 205 Å². The Balaban J connectivity index is 0.000000122. The summed E-state index contributed by atoms with van der Waals surface area (Å²) in [6.07, 6.45) is 11.4. The number of rotatable bonds is 7. The molecular weight excluding hydrogens is 1230 g/mol. The van der Waals surface area contributed by atoms with Gasteiger partial charge < -0.3 is 49.2 Å². The second kappa shape index (κ2) is 30.2. The van der Waals surface area contributed by atoms with Gasteiger partial charge in [0.2, 0.25) is 0 Å². The van der Waals surface area contributed by atoms with E-state index in [1.165, 1.54) is 51.3 Å². The molecule has 496 valence electrons. The van der Waals surface area contributed by atoms with Gasteiger partial charge in [-0.3, -0.25) is 0 Å². The van der Waals surface area contributed by atoms with Crippen LogP contribution in [-0.2, 0) is 48.4 Å². The lowest BCUT2D eigenvalue weighted by atomic mass is 9.92. The third-order valence-electron chi connectivity index (χ3n) is 18.4. The van der Waals surface area contributed by atoms with Crippen molar-refractivity contribution in [2.75, 3.05) is 6.26 Å². The number of phenolic OH excluding ortho intramolecular Hbond substituents is 5. The van der Waals surface area contributed by atoms with Gasteiger partial charge in [-0.25, -0.2) is 12.8 Å². The van der Waals surface area contributed by atoms with Crippen molar-refractivity contribution in [3.8, 4) is 57.5 Å². The zero-order chi connectivity index (χ0) is 67.6. The first-order chi connectivity index (χ1) is 46.2. The first kappa shape index (κ1) is 67.5. The van der Waals surface area contributed by atoms with E-state index in [1.807, 2.05) is 31.2 Å². The largest absolute Gasteiger partial charge is 0.508 e. The monoisotopic (exact) mass is 1310 g/mol. The molecule has 5 atom stereocenters. The Bertz CT molecular complexity index is 4470. The molecule has 14 heteroatoms. The summed E-state index contributed by atoms with van der Waals surface area (Å²) in [4.78, 5) is 0.312. The van der Waals surface area contributed by atoms with Crippen molar-refractivity contribution in [1.29, 1.82) is 0 Å². The van der Waals surface area contributed by atoms with E-state index in [0.29, 0.717) is 22.1 Å². The topological polar surface area (TPSA) is 181 Å². The summed E-state index contributed by atoms with van der Waals surface area (Å²) in [6, 6.07) is 61.0. The molecule has 0 aliphatic carbocycles. The fourth-order valence-corrected chi connectivity index (χ4v) is 13.9. The molecule has 0 amide bonds. The van der Waals surface area contributed by atoms with Crippen molar-refractivity contribution in [3.05, 3.63) is 289 Å². The molecule has 12 nitrogen and oxygen atoms in total. The maximum Gasteiger partial charge on any atom is 0.175 e.